The van der Waals surface area contributed by atoms with Crippen LogP contribution in [0, 0.1) is 19.7 Å². The Morgan fingerprint density at radius 3 is 2.38 bits per heavy atom. The van der Waals surface area contributed by atoms with Gasteiger partial charge in [-0.2, -0.15) is 13.7 Å². The molecule has 4 aromatic rings. The Morgan fingerprint density at radius 1 is 1.08 bits per heavy atom. The second kappa shape index (κ2) is 11.4. The van der Waals surface area contributed by atoms with Crippen molar-refractivity contribution in [1.82, 2.24) is 19.2 Å². The monoisotopic (exact) mass is 550 g/mol. The van der Waals surface area contributed by atoms with E-state index < -0.39 is 5.82 Å². The second-order valence-corrected chi connectivity index (χ2v) is 10.4. The molecule has 2 aromatic heterocycles. The lowest BCUT2D eigenvalue weighted by Gasteiger charge is -2.19. The number of rotatable bonds is 5. The summed E-state index contributed by atoms with van der Waals surface area (Å²) in [6.45, 7) is 3.39. The molecule has 1 N–H and O–H groups in total. The smallest absolute Gasteiger partial charge is 0.278 e. The molecule has 1 aliphatic rings. The zero-order chi connectivity index (χ0) is 28.4. The molecule has 204 valence electrons. The Labute approximate surface area is 229 Å². The fraction of sp³-hybridized carbons (Fsp3) is 0.321. The van der Waals surface area contributed by atoms with Gasteiger partial charge in [-0.05, 0) is 77.7 Å². The third-order valence-electron chi connectivity index (χ3n) is 6.22. The number of anilines is 2. The maximum Gasteiger partial charge on any atom is 0.278 e. The first kappa shape index (κ1) is 28.1. The average molecular weight is 551 g/mol. The van der Waals surface area contributed by atoms with Gasteiger partial charge >= 0.3 is 0 Å². The van der Waals surface area contributed by atoms with E-state index >= 15 is 0 Å². The van der Waals surface area contributed by atoms with Gasteiger partial charge in [0.2, 0.25) is 11.5 Å². The van der Waals surface area contributed by atoms with E-state index in [1.165, 1.54) is 15.3 Å². The van der Waals surface area contributed by atoms with Gasteiger partial charge in [0.25, 0.3) is 11.1 Å². The van der Waals surface area contributed by atoms with E-state index in [-0.39, 0.29) is 45.4 Å². The van der Waals surface area contributed by atoms with E-state index in [0.29, 0.717) is 28.0 Å². The molecule has 39 heavy (non-hydrogen) atoms. The molecule has 0 unspecified atom stereocenters. The Bertz CT molecular complexity index is 1730. The van der Waals surface area contributed by atoms with Crippen LogP contribution in [0.3, 0.4) is 0 Å². The van der Waals surface area contributed by atoms with E-state index in [4.69, 9.17) is 0 Å². The molecular formula is C28H31FN6O3S. The molecule has 0 radical (unpaired) electrons. The van der Waals surface area contributed by atoms with Crippen molar-refractivity contribution in [2.45, 2.75) is 32.7 Å². The largest absolute Gasteiger partial charge is 0.352 e. The number of aryl methyl sites for hydroxylation is 2. The number of aromatic nitrogens is 3. The number of pyridine rings is 1. The fourth-order valence-electron chi connectivity index (χ4n) is 4.26. The summed E-state index contributed by atoms with van der Waals surface area (Å²) in [5, 5.41) is 7.93. The molecule has 11 heteroatoms. The Hall–Kier alpha value is -3.96. The quantitative estimate of drug-likeness (QED) is 0.383. The van der Waals surface area contributed by atoms with Crippen LogP contribution in [0.15, 0.2) is 56.4 Å². The van der Waals surface area contributed by atoms with E-state index in [9.17, 15) is 18.2 Å². The number of hydrogen-bond donors (Lipinski definition) is 1. The predicted octanol–water partition coefficient (Wildman–Crippen LogP) is 4.80. The first-order chi connectivity index (χ1) is 18.5. The van der Waals surface area contributed by atoms with E-state index in [1.807, 2.05) is 26.0 Å². The van der Waals surface area contributed by atoms with Crippen LogP contribution in [0.2, 0.25) is 0 Å². The van der Waals surface area contributed by atoms with E-state index in [1.54, 1.807) is 57.3 Å². The van der Waals surface area contributed by atoms with Crippen molar-refractivity contribution in [2.75, 3.05) is 26.5 Å². The molecular weight excluding hydrogens is 519 g/mol. The van der Waals surface area contributed by atoms with Gasteiger partial charge in [-0.1, -0.05) is 18.2 Å². The number of halogens is 1. The van der Waals surface area contributed by atoms with Crippen molar-refractivity contribution in [3.63, 3.8) is 0 Å². The molecule has 0 bridgehead atoms. The zero-order valence-corrected chi connectivity index (χ0v) is 23.6. The number of nitrogens with zero attached hydrogens (tertiary/aromatic N) is 5. The van der Waals surface area contributed by atoms with Gasteiger partial charge in [-0.25, -0.2) is 9.07 Å². The predicted molar refractivity (Wildman–Crippen MR) is 154 cm³/mol. The molecule has 1 saturated carbocycles. The van der Waals surface area contributed by atoms with Crippen LogP contribution < -0.4 is 16.4 Å². The molecule has 0 amide bonds. The standard InChI is InChI=1S/C25H22FN5O3S.C3H9N/c1-13-7-10-19(18(26)11-13)27-21-14(2)24(32)30(3)23-20(21)25(33)31(17-8-9-17)28-22(23)15-5-4-6-16(12-15)29-35-34;1-4(2)3/h4-7,10-12,17,27H,8-9H2,1-3H3;1-3H3. The van der Waals surface area contributed by atoms with Gasteiger partial charge in [0.15, 0.2) is 0 Å². The number of hydrogen-bond acceptors (Lipinski definition) is 7. The van der Waals surface area contributed by atoms with Crippen molar-refractivity contribution < 1.29 is 8.60 Å². The van der Waals surface area contributed by atoms with Crippen molar-refractivity contribution in [3.8, 4) is 11.3 Å². The molecule has 1 aliphatic carbocycles. The summed E-state index contributed by atoms with van der Waals surface area (Å²) in [4.78, 5) is 29.0. The molecule has 9 nitrogen and oxygen atoms in total. The molecule has 0 atom stereocenters. The topological polar surface area (TPSA) is 102 Å². The Morgan fingerprint density at radius 2 is 1.77 bits per heavy atom. The summed E-state index contributed by atoms with van der Waals surface area (Å²) in [6, 6.07) is 11.6. The second-order valence-electron chi connectivity index (χ2n) is 10.1. The van der Waals surface area contributed by atoms with Crippen molar-refractivity contribution in [1.29, 1.82) is 0 Å². The number of benzene rings is 2. The van der Waals surface area contributed by atoms with Gasteiger partial charge in [-0.3, -0.25) is 9.59 Å². The Kier molecular flexibility index (Phi) is 8.22. The van der Waals surface area contributed by atoms with E-state index in [0.717, 1.165) is 18.4 Å². The van der Waals surface area contributed by atoms with Gasteiger partial charge in [0.05, 0.1) is 34.0 Å². The maximum atomic E-state index is 14.7. The first-order valence-corrected chi connectivity index (χ1v) is 13.1. The summed E-state index contributed by atoms with van der Waals surface area (Å²) in [6.07, 6.45) is 1.64. The normalized spacial score (nSPS) is 12.7. The maximum absolute atomic E-state index is 14.7. The highest BCUT2D eigenvalue weighted by Gasteiger charge is 2.30. The van der Waals surface area contributed by atoms with Crippen LogP contribution in [-0.2, 0) is 18.5 Å². The van der Waals surface area contributed by atoms with Gasteiger partial charge < -0.3 is 14.8 Å². The van der Waals surface area contributed by atoms with Crippen LogP contribution in [0.25, 0.3) is 22.2 Å². The highest BCUT2D eigenvalue weighted by atomic mass is 32.1. The summed E-state index contributed by atoms with van der Waals surface area (Å²) < 4.78 is 32.4. The van der Waals surface area contributed by atoms with E-state index in [2.05, 4.69) is 14.8 Å². The van der Waals surface area contributed by atoms with Crippen LogP contribution in [0.4, 0.5) is 21.5 Å². The summed E-state index contributed by atoms with van der Waals surface area (Å²) in [7, 11) is 7.59. The number of fused-ring (bicyclic) bond motifs is 1. The lowest BCUT2D eigenvalue weighted by molar-refractivity contribution is 0.505. The molecule has 5 rings (SSSR count). The summed E-state index contributed by atoms with van der Waals surface area (Å²) in [5.41, 5.74) is 2.56. The van der Waals surface area contributed by atoms with Crippen molar-refractivity contribution >= 4 is 39.4 Å². The fourth-order valence-corrected chi connectivity index (χ4v) is 4.46. The third kappa shape index (κ3) is 5.89. The van der Waals surface area contributed by atoms with Crippen molar-refractivity contribution in [2.24, 2.45) is 11.4 Å². The minimum Gasteiger partial charge on any atom is -0.352 e. The molecule has 0 spiro atoms. The van der Waals surface area contributed by atoms with Crippen LogP contribution in [-0.4, -0.2) is 44.6 Å². The molecule has 2 aromatic carbocycles. The van der Waals surface area contributed by atoms with Crippen LogP contribution in [0.5, 0.6) is 0 Å². The minimum atomic E-state index is -0.487. The molecule has 0 aliphatic heterocycles. The van der Waals surface area contributed by atoms with Gasteiger partial charge in [0.1, 0.15) is 11.5 Å². The Balaban J connectivity index is 0.000000826. The summed E-state index contributed by atoms with van der Waals surface area (Å²) in [5.74, 6) is -0.487. The summed E-state index contributed by atoms with van der Waals surface area (Å²) >= 11 is 0.0949. The lowest BCUT2D eigenvalue weighted by Crippen LogP contribution is -2.29. The third-order valence-corrected chi connectivity index (χ3v) is 6.50. The lowest BCUT2D eigenvalue weighted by atomic mass is 10.0. The van der Waals surface area contributed by atoms with Crippen molar-refractivity contribution in [3.05, 3.63) is 80.1 Å². The number of nitrogens with one attached hydrogen (secondary N) is 1. The highest BCUT2D eigenvalue weighted by molar-refractivity contribution is 7.54. The van der Waals surface area contributed by atoms with Gasteiger partial charge in [0, 0.05) is 18.2 Å². The molecule has 0 saturated heterocycles. The minimum absolute atomic E-state index is 0.0442. The van der Waals surface area contributed by atoms with Gasteiger partial charge in [-0.15, -0.1) is 0 Å². The molecule has 2 heterocycles. The highest BCUT2D eigenvalue weighted by Crippen LogP contribution is 2.37. The zero-order valence-electron chi connectivity index (χ0n) is 22.8. The van der Waals surface area contributed by atoms with Crippen LogP contribution in [0.1, 0.15) is 30.0 Å². The first-order valence-electron chi connectivity index (χ1n) is 12.4. The molecule has 1 fully saturated rings. The SMILES string of the molecule is CN(C)C.Cc1ccc(Nc2c(C)c(=O)n(C)c3c(-c4cccc(N=S=O)c4)nn(C4CC4)c(=O)c23)c(F)c1. The van der Waals surface area contributed by atoms with Crippen LogP contribution >= 0.6 is 0 Å². The average Bonchev–Trinajstić information content (AvgIpc) is 3.72.